The minimum Gasteiger partial charge on any atom is -0.480 e. The van der Waals surface area contributed by atoms with E-state index in [1.807, 2.05) is 30.3 Å². The molecule has 1 heterocycles. The second-order valence-corrected chi connectivity index (χ2v) is 5.27. The van der Waals surface area contributed by atoms with E-state index >= 15 is 0 Å². The zero-order valence-corrected chi connectivity index (χ0v) is 13.4. The van der Waals surface area contributed by atoms with Crippen LogP contribution >= 0.6 is 11.6 Å². The number of benzene rings is 2. The molecule has 0 unspecified atom stereocenters. The van der Waals surface area contributed by atoms with E-state index in [-0.39, 0.29) is 13.2 Å². The van der Waals surface area contributed by atoms with Gasteiger partial charge in [-0.2, -0.15) is 0 Å². The van der Waals surface area contributed by atoms with Crippen LogP contribution in [0, 0.1) is 0 Å². The van der Waals surface area contributed by atoms with Crippen LogP contribution in [0.25, 0.3) is 11.3 Å². The topological polar surface area (TPSA) is 61.6 Å². The molecule has 0 aliphatic heterocycles. The fourth-order valence-electron chi connectivity index (χ4n) is 2.00. The highest BCUT2D eigenvalue weighted by Gasteiger charge is 2.10. The van der Waals surface area contributed by atoms with Crippen molar-refractivity contribution in [2.24, 2.45) is 0 Å². The standard InChI is InChI=1S/C18H14ClNO4/c19-14-8-4-5-9-15(14)22-12-18(21)23-11-17-20-10-16(24-17)13-6-2-1-3-7-13/h1-10H,11-12H2. The first-order valence-corrected chi connectivity index (χ1v) is 7.63. The smallest absolute Gasteiger partial charge is 0.344 e. The van der Waals surface area contributed by atoms with Crippen molar-refractivity contribution < 1.29 is 18.7 Å². The molecule has 0 fully saturated rings. The van der Waals surface area contributed by atoms with Crippen LogP contribution in [-0.4, -0.2) is 17.6 Å². The molecule has 3 aromatic rings. The molecule has 0 aliphatic rings. The van der Waals surface area contributed by atoms with Gasteiger partial charge < -0.3 is 13.9 Å². The number of halogens is 1. The lowest BCUT2D eigenvalue weighted by Crippen LogP contribution is -2.15. The van der Waals surface area contributed by atoms with Crippen molar-refractivity contribution in [1.29, 1.82) is 0 Å². The zero-order valence-electron chi connectivity index (χ0n) is 12.6. The average Bonchev–Trinajstić information content (AvgIpc) is 3.09. The van der Waals surface area contributed by atoms with Gasteiger partial charge in [-0.05, 0) is 12.1 Å². The molecule has 5 nitrogen and oxygen atoms in total. The summed E-state index contributed by atoms with van der Waals surface area (Å²) in [5.74, 6) is 0.835. The summed E-state index contributed by atoms with van der Waals surface area (Å²) in [6.45, 7) is -0.298. The largest absolute Gasteiger partial charge is 0.480 e. The molecule has 1 aromatic heterocycles. The number of para-hydroxylation sites is 1. The van der Waals surface area contributed by atoms with E-state index in [0.717, 1.165) is 5.56 Å². The summed E-state index contributed by atoms with van der Waals surface area (Å²) in [5, 5.41) is 0.436. The Morgan fingerprint density at radius 1 is 1.08 bits per heavy atom. The van der Waals surface area contributed by atoms with E-state index in [1.165, 1.54) is 0 Å². The van der Waals surface area contributed by atoms with Crippen molar-refractivity contribution in [3.05, 3.63) is 71.7 Å². The summed E-state index contributed by atoms with van der Waals surface area (Å²) in [5.41, 5.74) is 0.907. The van der Waals surface area contributed by atoms with Gasteiger partial charge in [-0.25, -0.2) is 9.78 Å². The maximum absolute atomic E-state index is 11.7. The van der Waals surface area contributed by atoms with Crippen LogP contribution in [0.5, 0.6) is 5.75 Å². The first kappa shape index (κ1) is 16.1. The molecule has 0 bridgehead atoms. The third-order valence-corrected chi connectivity index (χ3v) is 3.46. The number of carbonyl (C=O) groups is 1. The van der Waals surface area contributed by atoms with Crippen molar-refractivity contribution in [3.63, 3.8) is 0 Å². The average molecular weight is 344 g/mol. The van der Waals surface area contributed by atoms with Crippen molar-refractivity contribution in [2.75, 3.05) is 6.61 Å². The van der Waals surface area contributed by atoms with E-state index in [9.17, 15) is 4.79 Å². The first-order valence-electron chi connectivity index (χ1n) is 7.25. The van der Waals surface area contributed by atoms with Gasteiger partial charge in [-0.15, -0.1) is 0 Å². The third kappa shape index (κ3) is 4.14. The summed E-state index contributed by atoms with van der Waals surface area (Å²) in [6, 6.07) is 16.5. The lowest BCUT2D eigenvalue weighted by Gasteiger charge is -2.07. The molecule has 3 rings (SSSR count). The fourth-order valence-corrected chi connectivity index (χ4v) is 2.19. The predicted molar refractivity (Wildman–Crippen MR) is 88.7 cm³/mol. The Kier molecular flexibility index (Phi) is 5.13. The van der Waals surface area contributed by atoms with Gasteiger partial charge in [0.05, 0.1) is 11.2 Å². The van der Waals surface area contributed by atoms with Crippen molar-refractivity contribution in [2.45, 2.75) is 6.61 Å². The highest BCUT2D eigenvalue weighted by atomic mass is 35.5. The molecule has 0 aliphatic carbocycles. The van der Waals surface area contributed by atoms with Gasteiger partial charge in [0.1, 0.15) is 5.75 Å². The van der Waals surface area contributed by atoms with Gasteiger partial charge in [0.2, 0.25) is 5.89 Å². The Hall–Kier alpha value is -2.79. The lowest BCUT2D eigenvalue weighted by atomic mass is 10.2. The third-order valence-electron chi connectivity index (χ3n) is 3.15. The van der Waals surface area contributed by atoms with Gasteiger partial charge in [0.25, 0.3) is 0 Å². The molecule has 0 spiro atoms. The number of hydrogen-bond acceptors (Lipinski definition) is 5. The van der Waals surface area contributed by atoms with Crippen LogP contribution < -0.4 is 4.74 Å². The highest BCUT2D eigenvalue weighted by molar-refractivity contribution is 6.32. The number of nitrogens with zero attached hydrogens (tertiary/aromatic N) is 1. The van der Waals surface area contributed by atoms with Crippen molar-refractivity contribution in [1.82, 2.24) is 4.98 Å². The van der Waals surface area contributed by atoms with Gasteiger partial charge in [-0.1, -0.05) is 54.1 Å². The molecule has 6 heteroatoms. The summed E-state index contributed by atoms with van der Waals surface area (Å²) in [4.78, 5) is 15.8. The Bertz CT molecular complexity index is 817. The number of hydrogen-bond donors (Lipinski definition) is 0. The highest BCUT2D eigenvalue weighted by Crippen LogP contribution is 2.23. The number of oxazole rings is 1. The van der Waals surface area contributed by atoms with Crippen molar-refractivity contribution >= 4 is 17.6 Å². The zero-order chi connectivity index (χ0) is 16.8. The Labute approximate surface area is 143 Å². The molecule has 0 saturated carbocycles. The van der Waals surface area contributed by atoms with Crippen LogP contribution in [0.1, 0.15) is 5.89 Å². The molecular weight excluding hydrogens is 330 g/mol. The maximum Gasteiger partial charge on any atom is 0.344 e. The molecule has 122 valence electrons. The van der Waals surface area contributed by atoms with Crippen LogP contribution in [0.3, 0.4) is 0 Å². The summed E-state index contributed by atoms with van der Waals surface area (Å²) in [6.07, 6.45) is 1.60. The van der Waals surface area contributed by atoms with E-state index in [0.29, 0.717) is 22.4 Å². The van der Waals surface area contributed by atoms with Crippen LogP contribution in [0.2, 0.25) is 5.02 Å². The van der Waals surface area contributed by atoms with Gasteiger partial charge in [0.15, 0.2) is 19.0 Å². The quantitative estimate of drug-likeness (QED) is 0.630. The molecule has 0 N–H and O–H groups in total. The molecule has 0 atom stereocenters. The molecule has 24 heavy (non-hydrogen) atoms. The number of carbonyl (C=O) groups excluding carboxylic acids is 1. The van der Waals surface area contributed by atoms with Crippen LogP contribution in [0.4, 0.5) is 0 Å². The molecule has 0 amide bonds. The van der Waals surface area contributed by atoms with E-state index in [2.05, 4.69) is 4.98 Å². The number of aromatic nitrogens is 1. The minimum atomic E-state index is -0.533. The summed E-state index contributed by atoms with van der Waals surface area (Å²) >= 11 is 5.94. The maximum atomic E-state index is 11.7. The van der Waals surface area contributed by atoms with Crippen LogP contribution in [-0.2, 0) is 16.1 Å². The SMILES string of the molecule is O=C(COc1ccccc1Cl)OCc1ncc(-c2ccccc2)o1. The summed E-state index contributed by atoms with van der Waals surface area (Å²) < 4.78 is 15.9. The Morgan fingerprint density at radius 2 is 1.83 bits per heavy atom. The van der Waals surface area contributed by atoms with E-state index in [1.54, 1.807) is 30.5 Å². The molecule has 0 saturated heterocycles. The molecular formula is C18H14ClNO4. The molecule has 2 aromatic carbocycles. The number of esters is 1. The second-order valence-electron chi connectivity index (χ2n) is 4.86. The van der Waals surface area contributed by atoms with Crippen LogP contribution in [0.15, 0.2) is 65.2 Å². The van der Waals surface area contributed by atoms with Gasteiger partial charge in [-0.3, -0.25) is 0 Å². The van der Waals surface area contributed by atoms with Crippen molar-refractivity contribution in [3.8, 4) is 17.1 Å². The summed E-state index contributed by atoms with van der Waals surface area (Å²) in [7, 11) is 0. The first-order chi connectivity index (χ1) is 11.7. The van der Waals surface area contributed by atoms with Gasteiger partial charge >= 0.3 is 5.97 Å². The number of rotatable bonds is 6. The predicted octanol–water partition coefficient (Wildman–Crippen LogP) is 4.12. The number of ether oxygens (including phenoxy) is 2. The Balaban J connectivity index is 1.50. The fraction of sp³-hybridized carbons (Fsp3) is 0.111. The lowest BCUT2D eigenvalue weighted by molar-refractivity contribution is -0.148. The van der Waals surface area contributed by atoms with E-state index in [4.69, 9.17) is 25.5 Å². The molecule has 0 radical (unpaired) electrons. The normalized spacial score (nSPS) is 10.4. The van der Waals surface area contributed by atoms with Gasteiger partial charge in [0, 0.05) is 5.56 Å². The monoisotopic (exact) mass is 343 g/mol. The second kappa shape index (κ2) is 7.66. The Morgan fingerprint density at radius 3 is 2.62 bits per heavy atom. The van der Waals surface area contributed by atoms with E-state index < -0.39 is 5.97 Å². The minimum absolute atomic E-state index is 0.0580.